The van der Waals surface area contributed by atoms with Crippen LogP contribution >= 0.6 is 27.5 Å². The van der Waals surface area contributed by atoms with Gasteiger partial charge in [0.2, 0.25) is 5.88 Å². The molecule has 106 valence electrons. The molecule has 3 rings (SSSR count). The lowest BCUT2D eigenvalue weighted by Gasteiger charge is -2.05. The Kier molecular flexibility index (Phi) is 3.69. The van der Waals surface area contributed by atoms with Gasteiger partial charge in [-0.3, -0.25) is 0 Å². The predicted molar refractivity (Wildman–Crippen MR) is 84.5 cm³/mol. The third-order valence-corrected chi connectivity index (χ3v) is 3.88. The van der Waals surface area contributed by atoms with E-state index >= 15 is 0 Å². The molecule has 0 spiro atoms. The summed E-state index contributed by atoms with van der Waals surface area (Å²) in [5, 5.41) is 4.21. The molecular formula is C15H9BrClFN2O. The number of benzene rings is 2. The van der Waals surface area contributed by atoms with Crippen molar-refractivity contribution in [2.75, 3.05) is 5.73 Å². The molecule has 21 heavy (non-hydrogen) atoms. The number of hydrogen-bond acceptors (Lipinski definition) is 3. The van der Waals surface area contributed by atoms with Crippen LogP contribution in [0.1, 0.15) is 0 Å². The summed E-state index contributed by atoms with van der Waals surface area (Å²) < 4.78 is 19.2. The van der Waals surface area contributed by atoms with Crippen molar-refractivity contribution in [2.45, 2.75) is 0 Å². The fraction of sp³-hybridized carbons (Fsp3) is 0. The van der Waals surface area contributed by atoms with Crippen LogP contribution in [0.2, 0.25) is 5.02 Å². The fourth-order valence-electron chi connectivity index (χ4n) is 2.06. The smallest absolute Gasteiger partial charge is 0.230 e. The number of nitrogen functional groups attached to an aromatic ring is 1. The van der Waals surface area contributed by atoms with Crippen molar-refractivity contribution in [1.29, 1.82) is 0 Å². The van der Waals surface area contributed by atoms with E-state index in [0.29, 0.717) is 16.8 Å². The molecule has 0 radical (unpaired) electrons. The molecule has 0 aliphatic rings. The van der Waals surface area contributed by atoms with Gasteiger partial charge in [0.1, 0.15) is 11.5 Å². The normalized spacial score (nSPS) is 10.8. The number of rotatable bonds is 2. The molecule has 0 saturated carbocycles. The topological polar surface area (TPSA) is 52.0 Å². The maximum absolute atomic E-state index is 13.2. The van der Waals surface area contributed by atoms with Crippen LogP contribution in [0, 0.1) is 5.82 Å². The van der Waals surface area contributed by atoms with E-state index in [9.17, 15) is 4.39 Å². The first kappa shape index (κ1) is 14.1. The van der Waals surface area contributed by atoms with Crippen LogP contribution in [0.15, 0.2) is 51.5 Å². The molecule has 0 bridgehead atoms. The Labute approximate surface area is 133 Å². The van der Waals surface area contributed by atoms with E-state index in [0.717, 1.165) is 10.0 Å². The molecule has 0 aliphatic carbocycles. The fourth-order valence-corrected chi connectivity index (χ4v) is 2.58. The van der Waals surface area contributed by atoms with Crippen LogP contribution in [0.4, 0.5) is 10.3 Å². The first-order valence-corrected chi connectivity index (χ1v) is 7.20. The largest absolute Gasteiger partial charge is 0.367 e. The van der Waals surface area contributed by atoms with Crippen molar-refractivity contribution in [2.24, 2.45) is 0 Å². The SMILES string of the molecule is Nc1onc(-c2ccc(F)cc2Cl)c1-c1ccc(Br)cc1. The van der Waals surface area contributed by atoms with Crippen LogP contribution in [-0.4, -0.2) is 5.16 Å². The number of hydrogen-bond donors (Lipinski definition) is 1. The van der Waals surface area contributed by atoms with E-state index in [1.165, 1.54) is 12.1 Å². The third kappa shape index (κ3) is 2.66. The average Bonchev–Trinajstić information content (AvgIpc) is 2.82. The minimum atomic E-state index is -0.412. The lowest BCUT2D eigenvalue weighted by Crippen LogP contribution is -1.89. The highest BCUT2D eigenvalue weighted by molar-refractivity contribution is 9.10. The van der Waals surface area contributed by atoms with Crippen LogP contribution < -0.4 is 5.73 Å². The summed E-state index contributed by atoms with van der Waals surface area (Å²) in [5.74, 6) is -0.224. The third-order valence-electron chi connectivity index (χ3n) is 3.04. The molecule has 3 nitrogen and oxygen atoms in total. The molecule has 0 atom stereocenters. The molecule has 1 aromatic heterocycles. The van der Waals surface area contributed by atoms with Crippen molar-refractivity contribution >= 4 is 33.4 Å². The highest BCUT2D eigenvalue weighted by Crippen LogP contribution is 2.39. The number of aromatic nitrogens is 1. The zero-order chi connectivity index (χ0) is 15.0. The van der Waals surface area contributed by atoms with E-state index in [-0.39, 0.29) is 10.9 Å². The van der Waals surface area contributed by atoms with E-state index in [1.807, 2.05) is 24.3 Å². The van der Waals surface area contributed by atoms with Gasteiger partial charge in [0, 0.05) is 10.0 Å². The standard InChI is InChI=1S/C15H9BrClFN2O/c16-9-3-1-8(2-4-9)13-14(20-21-15(13)19)11-6-5-10(18)7-12(11)17/h1-7H,19H2. The van der Waals surface area contributed by atoms with E-state index in [2.05, 4.69) is 21.1 Å². The van der Waals surface area contributed by atoms with Gasteiger partial charge < -0.3 is 10.3 Å². The van der Waals surface area contributed by atoms with Crippen molar-refractivity contribution in [3.05, 3.63) is 57.8 Å². The van der Waals surface area contributed by atoms with Crippen molar-refractivity contribution in [3.63, 3.8) is 0 Å². The molecule has 0 saturated heterocycles. The van der Waals surface area contributed by atoms with Crippen molar-refractivity contribution < 1.29 is 8.91 Å². The van der Waals surface area contributed by atoms with E-state index in [4.69, 9.17) is 21.9 Å². The zero-order valence-electron chi connectivity index (χ0n) is 10.6. The van der Waals surface area contributed by atoms with Gasteiger partial charge in [-0.1, -0.05) is 44.8 Å². The van der Waals surface area contributed by atoms with Gasteiger partial charge in [0.15, 0.2) is 0 Å². The molecule has 3 aromatic rings. The first-order valence-electron chi connectivity index (χ1n) is 6.03. The van der Waals surface area contributed by atoms with Gasteiger partial charge in [-0.25, -0.2) is 4.39 Å². The Balaban J connectivity index is 2.19. The molecule has 2 aromatic carbocycles. The van der Waals surface area contributed by atoms with Gasteiger partial charge >= 0.3 is 0 Å². The Hall–Kier alpha value is -1.85. The van der Waals surface area contributed by atoms with Crippen LogP contribution in [-0.2, 0) is 0 Å². The molecule has 0 amide bonds. The number of halogens is 3. The summed E-state index contributed by atoms with van der Waals surface area (Å²) in [6.07, 6.45) is 0. The summed E-state index contributed by atoms with van der Waals surface area (Å²) in [6.45, 7) is 0. The molecule has 1 heterocycles. The monoisotopic (exact) mass is 366 g/mol. The average molecular weight is 368 g/mol. The molecule has 0 fully saturated rings. The minimum absolute atomic E-state index is 0.188. The zero-order valence-corrected chi connectivity index (χ0v) is 13.0. The molecule has 6 heteroatoms. The lowest BCUT2D eigenvalue weighted by atomic mass is 10.0. The van der Waals surface area contributed by atoms with Crippen molar-refractivity contribution in [3.8, 4) is 22.4 Å². The molecule has 0 aliphatic heterocycles. The van der Waals surface area contributed by atoms with Crippen LogP contribution in [0.3, 0.4) is 0 Å². The molecule has 2 N–H and O–H groups in total. The summed E-state index contributed by atoms with van der Waals surface area (Å²) in [6, 6.07) is 11.6. The maximum Gasteiger partial charge on any atom is 0.230 e. The number of nitrogens with zero attached hydrogens (tertiary/aromatic N) is 1. The first-order chi connectivity index (χ1) is 10.1. The van der Waals surface area contributed by atoms with Crippen molar-refractivity contribution in [1.82, 2.24) is 5.16 Å². The maximum atomic E-state index is 13.2. The molecule has 0 unspecified atom stereocenters. The van der Waals surface area contributed by atoms with Gasteiger partial charge in [-0.05, 0) is 35.9 Å². The van der Waals surface area contributed by atoms with Gasteiger partial charge in [0.05, 0.1) is 10.6 Å². The van der Waals surface area contributed by atoms with Crippen LogP contribution in [0.25, 0.3) is 22.4 Å². The highest BCUT2D eigenvalue weighted by Gasteiger charge is 2.19. The summed E-state index contributed by atoms with van der Waals surface area (Å²) in [5.41, 5.74) is 8.40. The minimum Gasteiger partial charge on any atom is -0.367 e. The van der Waals surface area contributed by atoms with E-state index in [1.54, 1.807) is 6.07 Å². The Morgan fingerprint density at radius 3 is 2.52 bits per heavy atom. The summed E-state index contributed by atoms with van der Waals surface area (Å²) in [7, 11) is 0. The van der Waals surface area contributed by atoms with Crippen LogP contribution in [0.5, 0.6) is 0 Å². The highest BCUT2D eigenvalue weighted by atomic mass is 79.9. The Morgan fingerprint density at radius 1 is 1.14 bits per heavy atom. The second-order valence-corrected chi connectivity index (χ2v) is 5.72. The Morgan fingerprint density at radius 2 is 1.86 bits per heavy atom. The lowest BCUT2D eigenvalue weighted by molar-refractivity contribution is 0.439. The summed E-state index contributed by atoms with van der Waals surface area (Å²) in [4.78, 5) is 0. The summed E-state index contributed by atoms with van der Waals surface area (Å²) >= 11 is 9.47. The number of nitrogens with two attached hydrogens (primary N) is 1. The van der Waals surface area contributed by atoms with E-state index < -0.39 is 5.82 Å². The molecular weight excluding hydrogens is 359 g/mol. The predicted octanol–water partition coefficient (Wildman–Crippen LogP) is 5.15. The second-order valence-electron chi connectivity index (χ2n) is 4.40. The number of anilines is 1. The van der Waals surface area contributed by atoms with Gasteiger partial charge in [0.25, 0.3) is 0 Å². The van der Waals surface area contributed by atoms with Gasteiger partial charge in [-0.2, -0.15) is 0 Å². The Bertz CT molecular complexity index is 802. The van der Waals surface area contributed by atoms with Gasteiger partial charge in [-0.15, -0.1) is 0 Å². The quantitative estimate of drug-likeness (QED) is 0.682. The second kappa shape index (κ2) is 5.50.